The highest BCUT2D eigenvalue weighted by Gasteiger charge is 2.32. The minimum absolute atomic E-state index is 0.111. The van der Waals surface area contributed by atoms with Crippen LogP contribution in [-0.2, 0) is 4.79 Å². The van der Waals surface area contributed by atoms with Gasteiger partial charge in [0, 0.05) is 12.7 Å². The van der Waals surface area contributed by atoms with E-state index in [0.29, 0.717) is 24.4 Å². The molecule has 0 aliphatic carbocycles. The van der Waals surface area contributed by atoms with Crippen LogP contribution in [0.4, 0.5) is 5.69 Å². The predicted molar refractivity (Wildman–Crippen MR) is 86.6 cm³/mol. The number of carbonyl (C=O) groups is 2. The number of para-hydroxylation sites is 2. The van der Waals surface area contributed by atoms with Gasteiger partial charge in [0.05, 0.1) is 12.8 Å². The number of aromatic amines is 1. The Morgan fingerprint density at radius 1 is 1.30 bits per heavy atom. The van der Waals surface area contributed by atoms with Gasteiger partial charge < -0.3 is 19.9 Å². The second-order valence-electron chi connectivity index (χ2n) is 5.41. The molecule has 2 amide bonds. The largest absolute Gasteiger partial charge is 0.495 e. The quantitative estimate of drug-likeness (QED) is 0.906. The van der Waals surface area contributed by atoms with Gasteiger partial charge in [0.25, 0.3) is 5.91 Å². The number of anilines is 1. The van der Waals surface area contributed by atoms with Crippen LogP contribution in [0.2, 0.25) is 0 Å². The Kier molecular flexibility index (Phi) is 4.32. The fraction of sp³-hybridized carbons (Fsp3) is 0.294. The van der Waals surface area contributed by atoms with Gasteiger partial charge in [0.2, 0.25) is 5.91 Å². The Morgan fingerprint density at radius 2 is 2.13 bits per heavy atom. The SMILES string of the molecule is COc1ccccc1N1CCC[C@@H](NC(=O)c2ccc[nH]2)C1=O. The number of H-pyrrole nitrogens is 1. The molecule has 0 bridgehead atoms. The van der Waals surface area contributed by atoms with E-state index in [4.69, 9.17) is 4.74 Å². The van der Waals surface area contributed by atoms with Crippen molar-refractivity contribution < 1.29 is 14.3 Å². The molecule has 0 unspecified atom stereocenters. The number of hydrogen-bond acceptors (Lipinski definition) is 3. The summed E-state index contributed by atoms with van der Waals surface area (Å²) in [5, 5.41) is 2.81. The Balaban J connectivity index is 1.77. The highest BCUT2D eigenvalue weighted by atomic mass is 16.5. The van der Waals surface area contributed by atoms with Crippen molar-refractivity contribution in [3.05, 3.63) is 48.3 Å². The number of piperidine rings is 1. The summed E-state index contributed by atoms with van der Waals surface area (Å²) in [6, 6.07) is 10.3. The smallest absolute Gasteiger partial charge is 0.268 e. The lowest BCUT2D eigenvalue weighted by atomic mass is 10.0. The summed E-state index contributed by atoms with van der Waals surface area (Å²) >= 11 is 0. The Morgan fingerprint density at radius 3 is 2.87 bits per heavy atom. The van der Waals surface area contributed by atoms with Gasteiger partial charge in [-0.3, -0.25) is 9.59 Å². The van der Waals surface area contributed by atoms with E-state index >= 15 is 0 Å². The lowest BCUT2D eigenvalue weighted by Gasteiger charge is -2.33. The van der Waals surface area contributed by atoms with Crippen molar-refractivity contribution in [3.63, 3.8) is 0 Å². The second-order valence-corrected chi connectivity index (χ2v) is 5.41. The van der Waals surface area contributed by atoms with Gasteiger partial charge in [-0.2, -0.15) is 0 Å². The van der Waals surface area contributed by atoms with Crippen molar-refractivity contribution in [2.45, 2.75) is 18.9 Å². The molecular weight excluding hydrogens is 294 g/mol. The Labute approximate surface area is 134 Å². The number of nitrogens with one attached hydrogen (secondary N) is 2. The van der Waals surface area contributed by atoms with Crippen molar-refractivity contribution in [2.75, 3.05) is 18.6 Å². The summed E-state index contributed by atoms with van der Waals surface area (Å²) in [6.45, 7) is 0.619. The molecule has 1 aliphatic heterocycles. The van der Waals surface area contributed by atoms with E-state index in [0.717, 1.165) is 12.1 Å². The fourth-order valence-electron chi connectivity index (χ4n) is 2.81. The average Bonchev–Trinajstić information content (AvgIpc) is 3.11. The van der Waals surface area contributed by atoms with Crippen LogP contribution >= 0.6 is 0 Å². The lowest BCUT2D eigenvalue weighted by Crippen LogP contribution is -2.52. The topological polar surface area (TPSA) is 74.4 Å². The number of ether oxygens (including phenoxy) is 1. The minimum atomic E-state index is -0.524. The van der Waals surface area contributed by atoms with Crippen LogP contribution in [0, 0.1) is 0 Å². The molecule has 3 rings (SSSR count). The highest BCUT2D eigenvalue weighted by molar-refractivity contribution is 6.03. The molecule has 2 N–H and O–H groups in total. The summed E-state index contributed by atoms with van der Waals surface area (Å²) in [7, 11) is 1.58. The standard InChI is InChI=1S/C17H19N3O3/c1-23-15-9-3-2-8-14(15)20-11-5-7-13(17(20)22)19-16(21)12-6-4-10-18-12/h2-4,6,8-10,13,18H,5,7,11H2,1H3,(H,19,21)/t13-/m1/s1. The van der Waals surface area contributed by atoms with Crippen LogP contribution in [0.1, 0.15) is 23.3 Å². The maximum Gasteiger partial charge on any atom is 0.268 e. The molecule has 2 heterocycles. The highest BCUT2D eigenvalue weighted by Crippen LogP contribution is 2.30. The third-order valence-corrected chi connectivity index (χ3v) is 3.96. The molecule has 0 spiro atoms. The van der Waals surface area contributed by atoms with Crippen molar-refractivity contribution >= 4 is 17.5 Å². The van der Waals surface area contributed by atoms with Crippen LogP contribution < -0.4 is 15.0 Å². The number of nitrogens with zero attached hydrogens (tertiary/aromatic N) is 1. The molecule has 1 aromatic heterocycles. The molecule has 1 aliphatic rings. The van der Waals surface area contributed by atoms with E-state index in [1.165, 1.54) is 0 Å². The molecule has 23 heavy (non-hydrogen) atoms. The molecule has 2 aromatic rings. The van der Waals surface area contributed by atoms with Crippen molar-refractivity contribution in [1.29, 1.82) is 0 Å². The summed E-state index contributed by atoms with van der Waals surface area (Å²) < 4.78 is 5.34. The summed E-state index contributed by atoms with van der Waals surface area (Å²) in [6.07, 6.45) is 3.13. The van der Waals surface area contributed by atoms with Crippen LogP contribution in [0.15, 0.2) is 42.6 Å². The molecule has 120 valence electrons. The van der Waals surface area contributed by atoms with Crippen LogP contribution in [0.25, 0.3) is 0 Å². The van der Waals surface area contributed by atoms with Gasteiger partial charge in [-0.1, -0.05) is 12.1 Å². The number of benzene rings is 1. The van der Waals surface area contributed by atoms with Gasteiger partial charge in [0.1, 0.15) is 17.5 Å². The number of amides is 2. The first-order chi connectivity index (χ1) is 11.2. The summed E-state index contributed by atoms with van der Waals surface area (Å²) in [5.41, 5.74) is 1.19. The van der Waals surface area contributed by atoms with Gasteiger partial charge in [-0.15, -0.1) is 0 Å². The number of carbonyl (C=O) groups excluding carboxylic acids is 2. The van der Waals surface area contributed by atoms with Gasteiger partial charge in [-0.25, -0.2) is 0 Å². The van der Waals surface area contributed by atoms with Gasteiger partial charge >= 0.3 is 0 Å². The molecule has 1 fully saturated rings. The lowest BCUT2D eigenvalue weighted by molar-refractivity contribution is -0.121. The third kappa shape index (κ3) is 3.06. The molecule has 1 atom stereocenters. The van der Waals surface area contributed by atoms with Crippen LogP contribution in [0.3, 0.4) is 0 Å². The minimum Gasteiger partial charge on any atom is -0.495 e. The van der Waals surface area contributed by atoms with E-state index in [1.54, 1.807) is 30.3 Å². The first kappa shape index (κ1) is 15.1. The third-order valence-electron chi connectivity index (χ3n) is 3.96. The summed E-state index contributed by atoms with van der Waals surface area (Å²) in [4.78, 5) is 29.4. The van der Waals surface area contributed by atoms with Gasteiger partial charge in [0.15, 0.2) is 0 Å². The molecular formula is C17H19N3O3. The average molecular weight is 313 g/mol. The van der Waals surface area contributed by atoms with E-state index in [-0.39, 0.29) is 11.8 Å². The van der Waals surface area contributed by atoms with Crippen LogP contribution in [0.5, 0.6) is 5.75 Å². The molecule has 0 saturated carbocycles. The van der Waals surface area contributed by atoms with E-state index < -0.39 is 6.04 Å². The molecule has 1 saturated heterocycles. The number of hydrogen-bond donors (Lipinski definition) is 2. The first-order valence-corrected chi connectivity index (χ1v) is 7.59. The monoisotopic (exact) mass is 313 g/mol. The van der Waals surface area contributed by atoms with Crippen LogP contribution in [-0.4, -0.2) is 36.5 Å². The number of aromatic nitrogens is 1. The first-order valence-electron chi connectivity index (χ1n) is 7.59. The molecule has 1 aromatic carbocycles. The van der Waals surface area contributed by atoms with Crippen molar-refractivity contribution in [3.8, 4) is 5.75 Å². The normalized spacial score (nSPS) is 17.9. The Hall–Kier alpha value is -2.76. The number of methoxy groups -OCH3 is 1. The summed E-state index contributed by atoms with van der Waals surface area (Å²) in [5.74, 6) is 0.271. The van der Waals surface area contributed by atoms with E-state index in [1.807, 2.05) is 24.3 Å². The zero-order valence-corrected chi connectivity index (χ0v) is 12.9. The number of rotatable bonds is 4. The zero-order chi connectivity index (χ0) is 16.2. The van der Waals surface area contributed by atoms with Gasteiger partial charge in [-0.05, 0) is 37.1 Å². The maximum absolute atomic E-state index is 12.7. The Bertz CT molecular complexity index is 697. The second kappa shape index (κ2) is 6.56. The van der Waals surface area contributed by atoms with Crippen molar-refractivity contribution in [1.82, 2.24) is 10.3 Å². The molecule has 6 nitrogen and oxygen atoms in total. The molecule has 6 heteroatoms. The molecule has 0 radical (unpaired) electrons. The predicted octanol–water partition coefficient (Wildman–Crippen LogP) is 1.95. The maximum atomic E-state index is 12.7. The fourth-order valence-corrected chi connectivity index (χ4v) is 2.81. The van der Waals surface area contributed by atoms with Crippen molar-refractivity contribution in [2.24, 2.45) is 0 Å². The van der Waals surface area contributed by atoms with E-state index in [9.17, 15) is 9.59 Å². The van der Waals surface area contributed by atoms with E-state index in [2.05, 4.69) is 10.3 Å². The zero-order valence-electron chi connectivity index (χ0n) is 12.9.